The van der Waals surface area contributed by atoms with E-state index in [1.165, 1.54) is 0 Å². The van der Waals surface area contributed by atoms with Crippen molar-refractivity contribution < 1.29 is 14.3 Å². The number of aromatic nitrogens is 2. The number of nitrogens with zero attached hydrogens (tertiary/aromatic N) is 4. The molecule has 0 aliphatic carbocycles. The maximum absolute atomic E-state index is 14.5. The zero-order valence-corrected chi connectivity index (χ0v) is 20.3. The number of para-hydroxylation sites is 1. The highest BCUT2D eigenvalue weighted by molar-refractivity contribution is 6.26. The van der Waals surface area contributed by atoms with Crippen LogP contribution < -0.4 is 21.7 Å². The first-order valence-corrected chi connectivity index (χ1v) is 11.5. The van der Waals surface area contributed by atoms with Crippen LogP contribution >= 0.6 is 0 Å². The smallest absolute Gasteiger partial charge is 0.259 e. The molecule has 0 bridgehead atoms. The minimum atomic E-state index is -0.663. The number of hydrogen-bond donors (Lipinski definition) is 5. The molecule has 0 spiro atoms. The van der Waals surface area contributed by atoms with Crippen LogP contribution in [0.2, 0.25) is 0 Å². The van der Waals surface area contributed by atoms with E-state index in [-0.39, 0.29) is 18.4 Å². The van der Waals surface area contributed by atoms with E-state index in [2.05, 4.69) is 35.8 Å². The van der Waals surface area contributed by atoms with Gasteiger partial charge >= 0.3 is 0 Å². The van der Waals surface area contributed by atoms with E-state index >= 15 is 0 Å². The number of benzene rings is 2. The van der Waals surface area contributed by atoms with E-state index in [4.69, 9.17) is 10.8 Å². The lowest BCUT2D eigenvalue weighted by Crippen LogP contribution is -2.13. The third-order valence-electron chi connectivity index (χ3n) is 5.05. The van der Waals surface area contributed by atoms with Crippen LogP contribution in [0.4, 0.5) is 38.9 Å². The summed E-state index contributed by atoms with van der Waals surface area (Å²) in [4.78, 5) is 26.1. The Morgan fingerprint density at radius 2 is 1.97 bits per heavy atom. The first-order chi connectivity index (χ1) is 17.4. The van der Waals surface area contributed by atoms with Gasteiger partial charge in [0.15, 0.2) is 11.6 Å². The Morgan fingerprint density at radius 3 is 2.72 bits per heavy atom. The fourth-order valence-corrected chi connectivity index (χ4v) is 3.44. The first-order valence-electron chi connectivity index (χ1n) is 11.5. The van der Waals surface area contributed by atoms with Crippen LogP contribution in [0.1, 0.15) is 12.0 Å². The average molecular weight is 495 g/mol. The third kappa shape index (κ3) is 8.00. The predicted molar refractivity (Wildman–Crippen MR) is 141 cm³/mol. The lowest BCUT2D eigenvalue weighted by Gasteiger charge is -2.15. The lowest BCUT2D eigenvalue weighted by atomic mass is 10.1. The Labute approximate surface area is 209 Å². The van der Waals surface area contributed by atoms with Gasteiger partial charge in [-0.05, 0) is 63.3 Å². The summed E-state index contributed by atoms with van der Waals surface area (Å²) >= 11 is 0. The van der Waals surface area contributed by atoms with Crippen LogP contribution in [0.5, 0.6) is 0 Å². The Bertz CT molecular complexity index is 1200. The number of aliphatic hydroxyl groups excluding tert-OH is 1. The van der Waals surface area contributed by atoms with Gasteiger partial charge in [0.05, 0.1) is 30.4 Å². The second-order valence-corrected chi connectivity index (χ2v) is 8.25. The standard InChI is InChI=1S/C25H31FN8O2/c1-34(2)12-5-7-17-6-3-10-21(23(17)29-16-22(27)36)32-25-30-15-20(26)24(33-25)31-19-9-4-8-18(14-19)28-11-13-35/h3-4,6,8-10,14-16,28,35H,5,7,11-13H2,1-2H3,(H2,27,36)(H2,30,31,32,33). The van der Waals surface area contributed by atoms with Crippen molar-refractivity contribution >= 4 is 46.6 Å². The molecule has 0 radical (unpaired) electrons. The molecule has 6 N–H and O–H groups in total. The van der Waals surface area contributed by atoms with Crippen molar-refractivity contribution in [3.8, 4) is 0 Å². The number of carbonyl (C=O) groups excluding carboxylic acids is 1. The number of hydrogen-bond acceptors (Lipinski definition) is 9. The molecule has 0 aliphatic heterocycles. The highest BCUT2D eigenvalue weighted by Gasteiger charge is 2.12. The Morgan fingerprint density at radius 1 is 1.19 bits per heavy atom. The minimum absolute atomic E-state index is 0.00441. The molecule has 3 aromatic rings. The first kappa shape index (κ1) is 26.5. The van der Waals surface area contributed by atoms with Crippen molar-refractivity contribution in [2.45, 2.75) is 12.8 Å². The number of carbonyl (C=O) groups is 1. The molecule has 0 atom stereocenters. The van der Waals surface area contributed by atoms with Crippen LogP contribution in [-0.4, -0.2) is 65.9 Å². The van der Waals surface area contributed by atoms with Gasteiger partial charge < -0.3 is 31.7 Å². The molecule has 1 amide bonds. The Hall–Kier alpha value is -4.09. The molecule has 0 saturated carbocycles. The van der Waals surface area contributed by atoms with Crippen LogP contribution in [0.15, 0.2) is 53.7 Å². The van der Waals surface area contributed by atoms with Crippen LogP contribution in [0.25, 0.3) is 0 Å². The predicted octanol–water partition coefficient (Wildman–Crippen LogP) is 3.19. The van der Waals surface area contributed by atoms with E-state index in [0.717, 1.165) is 43.0 Å². The van der Waals surface area contributed by atoms with E-state index in [1.54, 1.807) is 24.3 Å². The summed E-state index contributed by atoms with van der Waals surface area (Å²) in [5.74, 6) is -1.16. The lowest BCUT2D eigenvalue weighted by molar-refractivity contribution is -0.111. The number of primary amides is 1. The number of halogens is 1. The molecule has 36 heavy (non-hydrogen) atoms. The molecule has 2 aromatic carbocycles. The second-order valence-electron chi connectivity index (χ2n) is 8.25. The SMILES string of the molecule is CN(C)CCCc1cccc(Nc2ncc(F)c(Nc3cccc(NCCO)c3)n2)c1N=CC(N)=O. The molecular formula is C25H31FN8O2. The van der Waals surface area contributed by atoms with E-state index in [0.29, 0.717) is 23.6 Å². The monoisotopic (exact) mass is 494 g/mol. The minimum Gasteiger partial charge on any atom is -0.395 e. The number of aliphatic imine (C=N–C) groups is 1. The maximum Gasteiger partial charge on any atom is 0.259 e. The van der Waals surface area contributed by atoms with Crippen molar-refractivity contribution in [2.24, 2.45) is 10.7 Å². The van der Waals surface area contributed by atoms with E-state index in [9.17, 15) is 9.18 Å². The van der Waals surface area contributed by atoms with Crippen molar-refractivity contribution in [3.63, 3.8) is 0 Å². The van der Waals surface area contributed by atoms with Gasteiger partial charge in [-0.15, -0.1) is 0 Å². The Balaban J connectivity index is 1.85. The molecule has 1 heterocycles. The van der Waals surface area contributed by atoms with Crippen molar-refractivity contribution in [2.75, 3.05) is 49.7 Å². The largest absolute Gasteiger partial charge is 0.395 e. The quantitative estimate of drug-likeness (QED) is 0.228. The summed E-state index contributed by atoms with van der Waals surface area (Å²) in [5.41, 5.74) is 8.67. The summed E-state index contributed by atoms with van der Waals surface area (Å²) < 4.78 is 14.5. The van der Waals surface area contributed by atoms with Crippen molar-refractivity contribution in [3.05, 3.63) is 60.0 Å². The number of amides is 1. The normalized spacial score (nSPS) is 11.1. The van der Waals surface area contributed by atoms with Crippen LogP contribution in [0.3, 0.4) is 0 Å². The number of aryl methyl sites for hydroxylation is 1. The van der Waals surface area contributed by atoms with Gasteiger partial charge in [0.1, 0.15) is 0 Å². The molecule has 1 aromatic heterocycles. The van der Waals surface area contributed by atoms with Crippen molar-refractivity contribution in [1.29, 1.82) is 0 Å². The zero-order chi connectivity index (χ0) is 25.9. The third-order valence-corrected chi connectivity index (χ3v) is 5.05. The average Bonchev–Trinajstić information content (AvgIpc) is 2.84. The van der Waals surface area contributed by atoms with Gasteiger partial charge in [0.25, 0.3) is 5.91 Å². The van der Waals surface area contributed by atoms with E-state index < -0.39 is 11.7 Å². The molecule has 0 fully saturated rings. The number of aliphatic hydroxyl groups is 1. The molecule has 3 rings (SSSR count). The maximum atomic E-state index is 14.5. The molecule has 0 unspecified atom stereocenters. The number of rotatable bonds is 13. The second kappa shape index (κ2) is 13.1. The molecule has 190 valence electrons. The van der Waals surface area contributed by atoms with Gasteiger partial charge in [-0.25, -0.2) is 14.4 Å². The van der Waals surface area contributed by atoms with Crippen LogP contribution in [-0.2, 0) is 11.2 Å². The highest BCUT2D eigenvalue weighted by atomic mass is 19.1. The summed E-state index contributed by atoms with van der Waals surface area (Å²) in [6.07, 6.45) is 3.75. The summed E-state index contributed by atoms with van der Waals surface area (Å²) in [6, 6.07) is 12.8. The molecule has 11 heteroatoms. The fourth-order valence-electron chi connectivity index (χ4n) is 3.44. The molecule has 0 saturated heterocycles. The zero-order valence-electron chi connectivity index (χ0n) is 20.3. The highest BCUT2D eigenvalue weighted by Crippen LogP contribution is 2.32. The van der Waals surface area contributed by atoms with Crippen molar-refractivity contribution in [1.82, 2.24) is 14.9 Å². The van der Waals surface area contributed by atoms with Gasteiger partial charge in [0, 0.05) is 17.9 Å². The molecule has 10 nitrogen and oxygen atoms in total. The number of anilines is 5. The number of nitrogens with two attached hydrogens (primary N) is 1. The summed E-state index contributed by atoms with van der Waals surface area (Å²) in [7, 11) is 4.01. The van der Waals surface area contributed by atoms with Gasteiger partial charge in [0.2, 0.25) is 5.95 Å². The molecule has 0 aliphatic rings. The van der Waals surface area contributed by atoms with Gasteiger partial charge in [-0.1, -0.05) is 18.2 Å². The number of nitrogens with one attached hydrogen (secondary N) is 3. The fraction of sp³-hybridized carbons (Fsp3) is 0.280. The van der Waals surface area contributed by atoms with Gasteiger partial charge in [-0.3, -0.25) is 4.79 Å². The van der Waals surface area contributed by atoms with Gasteiger partial charge in [-0.2, -0.15) is 4.98 Å². The topological polar surface area (TPSA) is 141 Å². The summed E-state index contributed by atoms with van der Waals surface area (Å²) in [6.45, 7) is 1.28. The van der Waals surface area contributed by atoms with E-state index in [1.807, 2.05) is 32.3 Å². The van der Waals surface area contributed by atoms with Crippen LogP contribution in [0, 0.1) is 5.82 Å². The Kier molecular flexibility index (Phi) is 9.66. The molecular weight excluding hydrogens is 463 g/mol. The summed E-state index contributed by atoms with van der Waals surface area (Å²) in [5, 5.41) is 18.1.